The molecule has 2 amide bonds. The third-order valence-electron chi connectivity index (χ3n) is 7.14. The first kappa shape index (κ1) is 24.6. The van der Waals surface area contributed by atoms with Gasteiger partial charge < -0.3 is 24.7 Å². The van der Waals surface area contributed by atoms with Crippen LogP contribution in [0.3, 0.4) is 0 Å². The molecule has 2 N–H and O–H groups in total. The lowest BCUT2D eigenvalue weighted by molar-refractivity contribution is -0.128. The number of nitrogens with zero attached hydrogens (tertiary/aromatic N) is 1. The smallest absolute Gasteiger partial charge is 0.249 e. The van der Waals surface area contributed by atoms with E-state index in [4.69, 9.17) is 9.15 Å². The number of furan rings is 1. The second-order valence-electron chi connectivity index (χ2n) is 9.29. The van der Waals surface area contributed by atoms with Gasteiger partial charge in [0.2, 0.25) is 11.8 Å². The molecule has 0 saturated heterocycles. The van der Waals surface area contributed by atoms with Gasteiger partial charge in [0.25, 0.3) is 0 Å². The standard InChI is InChI=1S/C30H31N3O4/c1-19(31-2)29(34)32-25-15-13-20-8-4-5-11-26(20)33(30(25)35)18-24-21-9-6-10-23(28-12-7-17-37-28)22(21)14-16-27(24)36-3/h4-12,14,16-17,19,25,31H,13,15,18H2,1-3H3,(H,32,34)/t19?,25-/m0/s1. The SMILES string of the molecule is CNC(C)C(=O)N[C@H]1CCc2ccccc2N(Cc2c(OC)ccc3c(-c4ccco4)cccc23)C1=O. The van der Waals surface area contributed by atoms with Crippen molar-refractivity contribution in [2.24, 2.45) is 0 Å². The van der Waals surface area contributed by atoms with Crippen LogP contribution >= 0.6 is 0 Å². The van der Waals surface area contributed by atoms with Crippen molar-refractivity contribution < 1.29 is 18.7 Å². The van der Waals surface area contributed by atoms with Crippen molar-refractivity contribution in [1.29, 1.82) is 0 Å². The maximum absolute atomic E-state index is 14.0. The van der Waals surface area contributed by atoms with E-state index in [1.807, 2.05) is 66.7 Å². The molecule has 2 heterocycles. The topological polar surface area (TPSA) is 83.8 Å². The summed E-state index contributed by atoms with van der Waals surface area (Å²) in [5.41, 5.74) is 3.80. The average Bonchev–Trinajstić information content (AvgIpc) is 3.43. The Morgan fingerprint density at radius 3 is 2.68 bits per heavy atom. The van der Waals surface area contributed by atoms with Gasteiger partial charge in [-0.1, -0.05) is 36.4 Å². The van der Waals surface area contributed by atoms with Crippen LogP contribution in [0.4, 0.5) is 5.69 Å². The highest BCUT2D eigenvalue weighted by Gasteiger charge is 2.33. The van der Waals surface area contributed by atoms with Gasteiger partial charge in [-0.15, -0.1) is 0 Å². The number of ether oxygens (including phenoxy) is 1. The van der Waals surface area contributed by atoms with Crippen LogP contribution in [-0.2, 0) is 22.6 Å². The average molecular weight is 498 g/mol. The van der Waals surface area contributed by atoms with Crippen LogP contribution in [0.15, 0.2) is 77.4 Å². The van der Waals surface area contributed by atoms with Crippen LogP contribution in [0.5, 0.6) is 5.75 Å². The lowest BCUT2D eigenvalue weighted by Gasteiger charge is -2.28. The molecule has 0 aliphatic carbocycles. The van der Waals surface area contributed by atoms with Crippen molar-refractivity contribution >= 4 is 28.3 Å². The minimum absolute atomic E-state index is 0.136. The summed E-state index contributed by atoms with van der Waals surface area (Å²) < 4.78 is 11.5. The highest BCUT2D eigenvalue weighted by Crippen LogP contribution is 2.37. The van der Waals surface area contributed by atoms with E-state index in [1.54, 1.807) is 32.2 Å². The van der Waals surface area contributed by atoms with E-state index in [0.717, 1.165) is 38.9 Å². The molecule has 0 spiro atoms. The highest BCUT2D eigenvalue weighted by molar-refractivity contribution is 6.03. The fourth-order valence-electron chi connectivity index (χ4n) is 5.00. The Morgan fingerprint density at radius 2 is 1.92 bits per heavy atom. The molecule has 37 heavy (non-hydrogen) atoms. The van der Waals surface area contributed by atoms with E-state index in [0.29, 0.717) is 25.1 Å². The van der Waals surface area contributed by atoms with Gasteiger partial charge in [-0.3, -0.25) is 9.59 Å². The molecule has 7 heteroatoms. The molecule has 5 rings (SSSR count). The quantitative estimate of drug-likeness (QED) is 0.387. The second-order valence-corrected chi connectivity index (χ2v) is 9.29. The number of amides is 2. The molecule has 2 atom stereocenters. The summed E-state index contributed by atoms with van der Waals surface area (Å²) >= 11 is 0. The number of methoxy groups -OCH3 is 1. The van der Waals surface area contributed by atoms with E-state index in [2.05, 4.69) is 10.6 Å². The monoisotopic (exact) mass is 497 g/mol. The van der Waals surface area contributed by atoms with Crippen molar-refractivity contribution in [3.63, 3.8) is 0 Å². The Hall–Kier alpha value is -4.10. The third-order valence-corrected chi connectivity index (χ3v) is 7.14. The number of benzene rings is 3. The van der Waals surface area contributed by atoms with Gasteiger partial charge in [-0.2, -0.15) is 0 Å². The molecular formula is C30H31N3O4. The van der Waals surface area contributed by atoms with Crippen LogP contribution in [0, 0.1) is 0 Å². The van der Waals surface area contributed by atoms with Crippen LogP contribution in [0.1, 0.15) is 24.5 Å². The molecule has 0 fully saturated rings. The Labute approximate surface area is 216 Å². The van der Waals surface area contributed by atoms with E-state index < -0.39 is 12.1 Å². The first-order chi connectivity index (χ1) is 18.0. The number of aryl methyl sites for hydroxylation is 1. The lowest BCUT2D eigenvalue weighted by Crippen LogP contribution is -2.52. The molecule has 0 bridgehead atoms. The predicted molar refractivity (Wildman–Crippen MR) is 145 cm³/mol. The van der Waals surface area contributed by atoms with Crippen LogP contribution in [0.2, 0.25) is 0 Å². The van der Waals surface area contributed by atoms with Crippen molar-refractivity contribution in [2.75, 3.05) is 19.1 Å². The number of nitrogens with one attached hydrogen (secondary N) is 2. The first-order valence-corrected chi connectivity index (χ1v) is 12.5. The summed E-state index contributed by atoms with van der Waals surface area (Å²) in [6.45, 7) is 2.08. The van der Waals surface area contributed by atoms with Gasteiger partial charge in [0.1, 0.15) is 17.6 Å². The number of carbonyl (C=O) groups is 2. The minimum atomic E-state index is -0.629. The van der Waals surface area contributed by atoms with Gasteiger partial charge in [0.05, 0.1) is 26.0 Å². The number of hydrogen-bond donors (Lipinski definition) is 2. The van der Waals surface area contributed by atoms with Crippen molar-refractivity contribution in [3.8, 4) is 17.1 Å². The molecule has 1 unspecified atom stereocenters. The number of likely N-dealkylation sites (N-methyl/N-ethyl adjacent to an activating group) is 1. The van der Waals surface area contributed by atoms with E-state index in [-0.39, 0.29) is 11.8 Å². The molecule has 3 aromatic carbocycles. The molecule has 4 aromatic rings. The molecule has 190 valence electrons. The predicted octanol–water partition coefficient (Wildman–Crippen LogP) is 4.68. The molecule has 1 aromatic heterocycles. The molecule has 1 aliphatic rings. The van der Waals surface area contributed by atoms with Gasteiger partial charge in [0.15, 0.2) is 0 Å². The first-order valence-electron chi connectivity index (χ1n) is 12.5. The summed E-state index contributed by atoms with van der Waals surface area (Å²) in [5.74, 6) is 1.14. The normalized spacial score (nSPS) is 16.2. The fraction of sp³-hybridized carbons (Fsp3) is 0.267. The Kier molecular flexibility index (Phi) is 6.97. The van der Waals surface area contributed by atoms with E-state index in [1.165, 1.54) is 0 Å². The Bertz CT molecular complexity index is 1430. The highest BCUT2D eigenvalue weighted by atomic mass is 16.5. The van der Waals surface area contributed by atoms with Gasteiger partial charge in [-0.05, 0) is 73.5 Å². The van der Waals surface area contributed by atoms with Crippen molar-refractivity contribution in [1.82, 2.24) is 10.6 Å². The van der Waals surface area contributed by atoms with Gasteiger partial charge >= 0.3 is 0 Å². The summed E-state index contributed by atoms with van der Waals surface area (Å²) in [6, 6.07) is 20.7. The summed E-state index contributed by atoms with van der Waals surface area (Å²) in [7, 11) is 3.37. The number of para-hydroxylation sites is 1. The van der Waals surface area contributed by atoms with Crippen LogP contribution in [0.25, 0.3) is 22.1 Å². The molecule has 0 radical (unpaired) electrons. The van der Waals surface area contributed by atoms with E-state index in [9.17, 15) is 9.59 Å². The van der Waals surface area contributed by atoms with Gasteiger partial charge in [-0.25, -0.2) is 0 Å². The Morgan fingerprint density at radius 1 is 1.08 bits per heavy atom. The summed E-state index contributed by atoms with van der Waals surface area (Å²) in [5, 5.41) is 7.90. The maximum atomic E-state index is 14.0. The fourth-order valence-corrected chi connectivity index (χ4v) is 5.00. The zero-order valence-corrected chi connectivity index (χ0v) is 21.3. The third kappa shape index (κ3) is 4.70. The number of anilines is 1. The largest absolute Gasteiger partial charge is 0.496 e. The van der Waals surface area contributed by atoms with Crippen molar-refractivity contribution in [2.45, 2.75) is 38.4 Å². The molecule has 1 aliphatic heterocycles. The molecule has 7 nitrogen and oxygen atoms in total. The zero-order valence-electron chi connectivity index (χ0n) is 21.3. The van der Waals surface area contributed by atoms with Gasteiger partial charge in [0, 0.05) is 16.8 Å². The molecular weight excluding hydrogens is 466 g/mol. The van der Waals surface area contributed by atoms with E-state index >= 15 is 0 Å². The van der Waals surface area contributed by atoms with Crippen molar-refractivity contribution in [3.05, 3.63) is 84.1 Å². The number of rotatable bonds is 7. The second kappa shape index (κ2) is 10.5. The summed E-state index contributed by atoms with van der Waals surface area (Å²) in [6.07, 6.45) is 2.88. The summed E-state index contributed by atoms with van der Waals surface area (Å²) in [4.78, 5) is 28.5. The molecule has 0 saturated carbocycles. The Balaban J connectivity index is 1.60. The number of fused-ring (bicyclic) bond motifs is 2. The van der Waals surface area contributed by atoms with Crippen LogP contribution < -0.4 is 20.3 Å². The minimum Gasteiger partial charge on any atom is -0.496 e. The maximum Gasteiger partial charge on any atom is 0.249 e. The zero-order chi connectivity index (χ0) is 25.9. The lowest BCUT2D eigenvalue weighted by atomic mass is 9.97. The van der Waals surface area contributed by atoms with Crippen LogP contribution in [-0.4, -0.2) is 38.1 Å². The number of carbonyl (C=O) groups excluding carboxylic acids is 2. The number of hydrogen-bond acceptors (Lipinski definition) is 5.